The highest BCUT2D eigenvalue weighted by Crippen LogP contribution is 2.28. The van der Waals surface area contributed by atoms with Crippen LogP contribution in [-0.4, -0.2) is 71.5 Å². The first-order valence-corrected chi connectivity index (χ1v) is 10.1. The highest BCUT2D eigenvalue weighted by molar-refractivity contribution is 6.21. The molecule has 2 aliphatic rings. The van der Waals surface area contributed by atoms with Crippen LogP contribution in [-0.2, 0) is 14.3 Å². The number of nitrogens with zero attached hydrogens (tertiary/aromatic N) is 2. The maximum Gasteiger partial charge on any atom is 0.261 e. The molecule has 0 bridgehead atoms. The predicted octanol–water partition coefficient (Wildman–Crippen LogP) is 0.925. The largest absolute Gasteiger partial charge is 0.378 e. The van der Waals surface area contributed by atoms with Crippen LogP contribution in [0.4, 0.5) is 0 Å². The summed E-state index contributed by atoms with van der Waals surface area (Å²) in [5.74, 6) is -3.27. The maximum absolute atomic E-state index is 13.1. The van der Waals surface area contributed by atoms with Crippen molar-refractivity contribution in [1.82, 2.24) is 15.3 Å². The van der Waals surface area contributed by atoms with E-state index in [-0.39, 0.29) is 35.9 Å². The zero-order valence-electron chi connectivity index (χ0n) is 17.2. The lowest BCUT2D eigenvalue weighted by Gasteiger charge is -2.33. The quantitative estimate of drug-likeness (QED) is 0.387. The average molecular weight is 417 g/mol. The van der Waals surface area contributed by atoms with Crippen LogP contribution in [0, 0.1) is 17.8 Å². The fourth-order valence-corrected chi connectivity index (χ4v) is 3.96. The molecule has 30 heavy (non-hydrogen) atoms. The number of morpholine rings is 1. The molecule has 2 heterocycles. The van der Waals surface area contributed by atoms with Crippen molar-refractivity contribution >= 4 is 23.6 Å². The van der Waals surface area contributed by atoms with Gasteiger partial charge in [-0.05, 0) is 24.5 Å². The summed E-state index contributed by atoms with van der Waals surface area (Å²) in [4.78, 5) is 53.5. The molecule has 1 aromatic carbocycles. The van der Waals surface area contributed by atoms with E-state index in [1.165, 1.54) is 0 Å². The number of fused-ring (bicyclic) bond motifs is 1. The number of amides is 4. The number of carbonyl (C=O) groups is 4. The van der Waals surface area contributed by atoms with E-state index >= 15 is 0 Å². The Morgan fingerprint density at radius 3 is 2.17 bits per heavy atom. The molecule has 4 amide bonds. The average Bonchev–Trinajstić information content (AvgIpc) is 3.00. The van der Waals surface area contributed by atoms with Crippen molar-refractivity contribution in [3.8, 4) is 0 Å². The van der Waals surface area contributed by atoms with Gasteiger partial charge < -0.3 is 9.64 Å². The number of carbonyl (C=O) groups excluding carboxylic acids is 4. The molecule has 0 aromatic heterocycles. The summed E-state index contributed by atoms with van der Waals surface area (Å²) in [5, 5.41) is 9.22. The Labute approximate surface area is 174 Å². The lowest BCUT2D eigenvalue weighted by Crippen LogP contribution is -2.47. The van der Waals surface area contributed by atoms with Crippen molar-refractivity contribution in [3.63, 3.8) is 0 Å². The Hall–Kier alpha value is -2.78. The van der Waals surface area contributed by atoms with Crippen molar-refractivity contribution in [2.24, 2.45) is 17.8 Å². The van der Waals surface area contributed by atoms with Crippen LogP contribution >= 0.6 is 0 Å². The van der Waals surface area contributed by atoms with Gasteiger partial charge >= 0.3 is 0 Å². The third kappa shape index (κ3) is 4.36. The second kappa shape index (κ2) is 9.36. The molecular formula is C21H27N3O6. The van der Waals surface area contributed by atoms with E-state index in [0.717, 1.165) is 4.90 Å². The van der Waals surface area contributed by atoms with Gasteiger partial charge in [0.15, 0.2) is 0 Å². The normalized spacial score (nSPS) is 18.4. The minimum atomic E-state index is -0.922. The monoisotopic (exact) mass is 417 g/mol. The van der Waals surface area contributed by atoms with E-state index in [1.807, 2.05) is 13.8 Å². The Balaban J connectivity index is 1.78. The minimum Gasteiger partial charge on any atom is -0.378 e. The zero-order chi connectivity index (χ0) is 21.8. The number of nitrogens with one attached hydrogen (secondary N) is 1. The summed E-state index contributed by atoms with van der Waals surface area (Å²) in [6.45, 7) is 5.46. The topological polar surface area (TPSA) is 116 Å². The predicted molar refractivity (Wildman–Crippen MR) is 106 cm³/mol. The van der Waals surface area contributed by atoms with Crippen LogP contribution in [0.1, 0.15) is 41.0 Å². The number of hydrogen-bond donors (Lipinski definition) is 2. The number of imide groups is 1. The Kier molecular flexibility index (Phi) is 6.84. The molecule has 9 nitrogen and oxygen atoms in total. The summed E-state index contributed by atoms with van der Waals surface area (Å²) in [6, 6.07) is 6.47. The van der Waals surface area contributed by atoms with E-state index in [9.17, 15) is 24.4 Å². The van der Waals surface area contributed by atoms with Crippen molar-refractivity contribution in [2.45, 2.75) is 20.3 Å². The van der Waals surface area contributed by atoms with Crippen LogP contribution in [0.2, 0.25) is 0 Å². The van der Waals surface area contributed by atoms with Crippen LogP contribution < -0.4 is 5.48 Å². The molecule has 0 radical (unpaired) electrons. The van der Waals surface area contributed by atoms with Gasteiger partial charge in [0.25, 0.3) is 11.8 Å². The Bertz CT molecular complexity index is 799. The van der Waals surface area contributed by atoms with Gasteiger partial charge in [0.05, 0.1) is 30.3 Å². The SMILES string of the molecule is CC(C)C(C[C@@H](CN1C(=O)c2ccccc2C1=O)C(=O)NO)C(=O)N1CCOCC1. The molecule has 1 saturated heterocycles. The van der Waals surface area contributed by atoms with Crippen LogP contribution in [0.3, 0.4) is 0 Å². The number of rotatable bonds is 7. The third-order valence-electron chi connectivity index (χ3n) is 5.75. The van der Waals surface area contributed by atoms with E-state index in [2.05, 4.69) is 0 Å². The van der Waals surface area contributed by atoms with Crippen molar-refractivity contribution in [1.29, 1.82) is 0 Å². The molecule has 3 rings (SSSR count). The third-order valence-corrected chi connectivity index (χ3v) is 5.75. The van der Waals surface area contributed by atoms with Gasteiger partial charge in [-0.15, -0.1) is 0 Å². The van der Waals surface area contributed by atoms with Gasteiger partial charge in [-0.25, -0.2) is 5.48 Å². The van der Waals surface area contributed by atoms with Crippen molar-refractivity contribution in [2.75, 3.05) is 32.8 Å². The summed E-state index contributed by atoms with van der Waals surface area (Å²) in [6.07, 6.45) is 0.105. The minimum absolute atomic E-state index is 0.0727. The van der Waals surface area contributed by atoms with Gasteiger partial charge in [-0.1, -0.05) is 26.0 Å². The van der Waals surface area contributed by atoms with E-state index < -0.39 is 29.6 Å². The second-order valence-corrected chi connectivity index (χ2v) is 7.96. The van der Waals surface area contributed by atoms with Crippen molar-refractivity contribution in [3.05, 3.63) is 35.4 Å². The lowest BCUT2D eigenvalue weighted by atomic mass is 9.84. The van der Waals surface area contributed by atoms with Crippen molar-refractivity contribution < 1.29 is 29.1 Å². The molecule has 9 heteroatoms. The number of benzene rings is 1. The van der Waals surface area contributed by atoms with E-state index in [0.29, 0.717) is 26.3 Å². The van der Waals surface area contributed by atoms with Crippen LogP contribution in [0.15, 0.2) is 24.3 Å². The number of ether oxygens (including phenoxy) is 1. The molecule has 1 unspecified atom stereocenters. The molecule has 0 aliphatic carbocycles. The molecular weight excluding hydrogens is 390 g/mol. The van der Waals surface area contributed by atoms with Crippen LogP contribution in [0.5, 0.6) is 0 Å². The highest BCUT2D eigenvalue weighted by atomic mass is 16.5. The van der Waals surface area contributed by atoms with Gasteiger partial charge in [-0.2, -0.15) is 0 Å². The van der Waals surface area contributed by atoms with Crippen LogP contribution in [0.25, 0.3) is 0 Å². The molecule has 1 aromatic rings. The number of hydrogen-bond acceptors (Lipinski definition) is 6. The first-order chi connectivity index (χ1) is 14.3. The van der Waals surface area contributed by atoms with Gasteiger partial charge in [-0.3, -0.25) is 29.3 Å². The number of hydroxylamine groups is 1. The Morgan fingerprint density at radius 1 is 1.10 bits per heavy atom. The fourth-order valence-electron chi connectivity index (χ4n) is 3.96. The fraction of sp³-hybridized carbons (Fsp3) is 0.524. The summed E-state index contributed by atoms with van der Waals surface area (Å²) >= 11 is 0. The molecule has 0 saturated carbocycles. The molecule has 1 fully saturated rings. The van der Waals surface area contributed by atoms with Gasteiger partial charge in [0.2, 0.25) is 11.8 Å². The van der Waals surface area contributed by atoms with E-state index in [1.54, 1.807) is 34.6 Å². The molecule has 2 atom stereocenters. The second-order valence-electron chi connectivity index (χ2n) is 7.96. The van der Waals surface area contributed by atoms with Gasteiger partial charge in [0, 0.05) is 25.6 Å². The lowest BCUT2D eigenvalue weighted by molar-refractivity contribution is -0.143. The van der Waals surface area contributed by atoms with E-state index in [4.69, 9.17) is 4.74 Å². The first kappa shape index (κ1) is 21.9. The molecule has 0 spiro atoms. The molecule has 2 N–H and O–H groups in total. The summed E-state index contributed by atoms with van der Waals surface area (Å²) in [5.41, 5.74) is 2.19. The highest BCUT2D eigenvalue weighted by Gasteiger charge is 2.40. The molecule has 2 aliphatic heterocycles. The zero-order valence-corrected chi connectivity index (χ0v) is 17.2. The standard InChI is InChI=1S/C21H27N3O6/c1-13(2)17(19(26)23-7-9-30-10-8-23)11-14(18(25)22-29)12-24-20(27)15-5-3-4-6-16(15)21(24)28/h3-6,13-14,17,29H,7-12H2,1-2H3,(H,22,25)/t14-,17?/m0/s1. The maximum atomic E-state index is 13.1. The van der Waals surface area contributed by atoms with Gasteiger partial charge in [0.1, 0.15) is 0 Å². The Morgan fingerprint density at radius 2 is 1.67 bits per heavy atom. The first-order valence-electron chi connectivity index (χ1n) is 10.1. The summed E-state index contributed by atoms with van der Waals surface area (Å²) in [7, 11) is 0. The smallest absolute Gasteiger partial charge is 0.261 e. The molecule has 162 valence electrons. The summed E-state index contributed by atoms with van der Waals surface area (Å²) < 4.78 is 5.30.